The maximum atomic E-state index is 10.1. The Morgan fingerprint density at radius 2 is 1.87 bits per heavy atom. The number of nitrogens with one attached hydrogen (secondary N) is 1. The summed E-state index contributed by atoms with van der Waals surface area (Å²) in [6.45, 7) is 6.09. The van der Waals surface area contributed by atoms with Gasteiger partial charge in [-0.1, -0.05) is 39.0 Å². The predicted molar refractivity (Wildman–Crippen MR) is 62.7 cm³/mol. The zero-order valence-corrected chi connectivity index (χ0v) is 9.41. The minimum Gasteiger partial charge on any atom is -0.386 e. The van der Waals surface area contributed by atoms with Gasteiger partial charge in [0.05, 0.1) is 6.10 Å². The van der Waals surface area contributed by atoms with Crippen LogP contribution in [0.1, 0.15) is 32.6 Å². The number of benzene rings is 1. The summed E-state index contributed by atoms with van der Waals surface area (Å²) in [5.41, 5.74) is 1.83. The number of fused-ring (bicyclic) bond motifs is 1. The number of hydrogen-bond acceptors (Lipinski definition) is 1. The molecule has 0 aliphatic heterocycles. The summed E-state index contributed by atoms with van der Waals surface area (Å²) in [5, 5.41) is 11.3. The van der Waals surface area contributed by atoms with Crippen molar-refractivity contribution in [2.24, 2.45) is 5.41 Å². The molecule has 0 saturated heterocycles. The molecule has 2 N–H and O–H groups in total. The van der Waals surface area contributed by atoms with Crippen LogP contribution in [0.5, 0.6) is 0 Å². The van der Waals surface area contributed by atoms with Crippen LogP contribution in [0.15, 0.2) is 30.3 Å². The molecule has 80 valence electrons. The van der Waals surface area contributed by atoms with E-state index < -0.39 is 6.10 Å². The molecular formula is C13H17NO. The van der Waals surface area contributed by atoms with Crippen LogP contribution < -0.4 is 0 Å². The molecule has 0 spiro atoms. The maximum Gasteiger partial charge on any atom is 0.0986 e. The second-order valence-corrected chi connectivity index (χ2v) is 5.08. The smallest absolute Gasteiger partial charge is 0.0986 e. The second kappa shape index (κ2) is 3.38. The molecule has 1 unspecified atom stereocenters. The molecule has 2 rings (SSSR count). The number of H-pyrrole nitrogens is 1. The molecule has 1 heterocycles. The van der Waals surface area contributed by atoms with Crippen molar-refractivity contribution in [2.45, 2.75) is 26.9 Å². The molecule has 0 radical (unpaired) electrons. The average molecular weight is 203 g/mol. The number of aromatic nitrogens is 1. The summed E-state index contributed by atoms with van der Waals surface area (Å²) >= 11 is 0. The van der Waals surface area contributed by atoms with Crippen LogP contribution in [-0.2, 0) is 0 Å². The lowest BCUT2D eigenvalue weighted by Crippen LogP contribution is -2.17. The summed E-state index contributed by atoms with van der Waals surface area (Å²) < 4.78 is 0. The van der Waals surface area contributed by atoms with Crippen molar-refractivity contribution >= 4 is 10.9 Å². The third kappa shape index (κ3) is 1.90. The zero-order valence-electron chi connectivity index (χ0n) is 9.41. The molecule has 0 amide bonds. The molecule has 2 nitrogen and oxygen atoms in total. The lowest BCUT2D eigenvalue weighted by Gasteiger charge is -2.24. The quantitative estimate of drug-likeness (QED) is 0.733. The fourth-order valence-corrected chi connectivity index (χ4v) is 1.71. The molecular weight excluding hydrogens is 186 g/mol. The highest BCUT2D eigenvalue weighted by Crippen LogP contribution is 2.33. The standard InChI is InChI=1S/C13H17NO/c1-13(2,3)12(15)11-8-9-6-4-5-7-10(9)14-11/h4-8,12,14-15H,1-3H3. The summed E-state index contributed by atoms with van der Waals surface area (Å²) in [5.74, 6) is 0. The minimum atomic E-state index is -0.454. The summed E-state index contributed by atoms with van der Waals surface area (Å²) in [4.78, 5) is 3.25. The molecule has 0 bridgehead atoms. The van der Waals surface area contributed by atoms with Crippen molar-refractivity contribution in [3.8, 4) is 0 Å². The normalized spacial score (nSPS) is 14.4. The molecule has 1 atom stereocenters. The van der Waals surface area contributed by atoms with E-state index in [0.29, 0.717) is 0 Å². The van der Waals surface area contributed by atoms with Gasteiger partial charge in [0.25, 0.3) is 0 Å². The van der Waals surface area contributed by atoms with Crippen LogP contribution in [0, 0.1) is 5.41 Å². The van der Waals surface area contributed by atoms with Crippen molar-refractivity contribution in [3.05, 3.63) is 36.0 Å². The third-order valence-electron chi connectivity index (χ3n) is 2.67. The second-order valence-electron chi connectivity index (χ2n) is 5.08. The van der Waals surface area contributed by atoms with Crippen LogP contribution >= 0.6 is 0 Å². The van der Waals surface area contributed by atoms with Gasteiger partial charge in [-0.15, -0.1) is 0 Å². The molecule has 1 aromatic heterocycles. The zero-order chi connectivity index (χ0) is 11.1. The van der Waals surface area contributed by atoms with Gasteiger partial charge in [-0.2, -0.15) is 0 Å². The number of para-hydroxylation sites is 1. The molecule has 15 heavy (non-hydrogen) atoms. The summed E-state index contributed by atoms with van der Waals surface area (Å²) in [7, 11) is 0. The number of aliphatic hydroxyl groups excluding tert-OH is 1. The van der Waals surface area contributed by atoms with Crippen molar-refractivity contribution < 1.29 is 5.11 Å². The number of rotatable bonds is 1. The minimum absolute atomic E-state index is 0.138. The monoisotopic (exact) mass is 203 g/mol. The Morgan fingerprint density at radius 1 is 1.20 bits per heavy atom. The van der Waals surface area contributed by atoms with Crippen LogP contribution in [0.25, 0.3) is 10.9 Å². The van der Waals surface area contributed by atoms with Gasteiger partial charge in [0.15, 0.2) is 0 Å². The van der Waals surface area contributed by atoms with Crippen LogP contribution in [0.2, 0.25) is 0 Å². The molecule has 0 aliphatic rings. The number of aromatic amines is 1. The fraction of sp³-hybridized carbons (Fsp3) is 0.385. The van der Waals surface area contributed by atoms with Gasteiger partial charge in [0.2, 0.25) is 0 Å². The van der Waals surface area contributed by atoms with Gasteiger partial charge >= 0.3 is 0 Å². The van der Waals surface area contributed by atoms with Gasteiger partial charge in [-0.25, -0.2) is 0 Å². The SMILES string of the molecule is CC(C)(C)C(O)c1cc2ccccc2[nH]1. The van der Waals surface area contributed by atoms with Gasteiger partial charge in [-0.3, -0.25) is 0 Å². The Hall–Kier alpha value is -1.28. The Kier molecular flexibility index (Phi) is 2.31. The van der Waals surface area contributed by atoms with E-state index in [9.17, 15) is 5.11 Å². The highest BCUT2D eigenvalue weighted by atomic mass is 16.3. The van der Waals surface area contributed by atoms with E-state index in [1.54, 1.807) is 0 Å². The molecule has 2 heteroatoms. The summed E-state index contributed by atoms with van der Waals surface area (Å²) in [6, 6.07) is 10.1. The van der Waals surface area contributed by atoms with Crippen LogP contribution in [-0.4, -0.2) is 10.1 Å². The van der Waals surface area contributed by atoms with E-state index in [1.807, 2.05) is 51.1 Å². The largest absolute Gasteiger partial charge is 0.386 e. The van der Waals surface area contributed by atoms with Gasteiger partial charge in [-0.05, 0) is 22.9 Å². The van der Waals surface area contributed by atoms with E-state index in [4.69, 9.17) is 0 Å². The first-order valence-electron chi connectivity index (χ1n) is 5.24. The van der Waals surface area contributed by atoms with Gasteiger partial charge in [0.1, 0.15) is 0 Å². The van der Waals surface area contributed by atoms with Crippen molar-refractivity contribution in [1.29, 1.82) is 0 Å². The lowest BCUT2D eigenvalue weighted by atomic mass is 9.87. The van der Waals surface area contributed by atoms with Gasteiger partial charge < -0.3 is 10.1 Å². The Labute approximate surface area is 89.9 Å². The average Bonchev–Trinajstić information content (AvgIpc) is 2.58. The summed E-state index contributed by atoms with van der Waals surface area (Å²) in [6.07, 6.45) is -0.454. The Morgan fingerprint density at radius 3 is 2.47 bits per heavy atom. The topological polar surface area (TPSA) is 36.0 Å². The van der Waals surface area contributed by atoms with Gasteiger partial charge in [0, 0.05) is 11.2 Å². The van der Waals surface area contributed by atoms with E-state index in [-0.39, 0.29) is 5.41 Å². The Balaban J connectivity index is 2.45. The highest BCUT2D eigenvalue weighted by molar-refractivity contribution is 5.80. The Bertz CT molecular complexity index is 432. The maximum absolute atomic E-state index is 10.1. The van der Waals surface area contributed by atoms with Crippen LogP contribution in [0.4, 0.5) is 0 Å². The fourth-order valence-electron chi connectivity index (χ4n) is 1.71. The first-order chi connectivity index (χ1) is 6.98. The molecule has 0 fully saturated rings. The van der Waals surface area contributed by atoms with Crippen LogP contribution in [0.3, 0.4) is 0 Å². The predicted octanol–water partition coefficient (Wildman–Crippen LogP) is 3.25. The first kappa shape index (κ1) is 10.2. The van der Waals surface area contributed by atoms with E-state index in [1.165, 1.54) is 0 Å². The highest BCUT2D eigenvalue weighted by Gasteiger charge is 2.24. The number of aliphatic hydroxyl groups is 1. The molecule has 0 aliphatic carbocycles. The first-order valence-corrected chi connectivity index (χ1v) is 5.24. The number of hydrogen-bond donors (Lipinski definition) is 2. The van der Waals surface area contributed by atoms with E-state index in [0.717, 1.165) is 16.6 Å². The molecule has 1 aromatic carbocycles. The van der Waals surface area contributed by atoms with E-state index in [2.05, 4.69) is 4.98 Å². The van der Waals surface area contributed by atoms with Crippen molar-refractivity contribution in [2.75, 3.05) is 0 Å². The lowest BCUT2D eigenvalue weighted by molar-refractivity contribution is 0.0596. The molecule has 2 aromatic rings. The van der Waals surface area contributed by atoms with Crippen molar-refractivity contribution in [1.82, 2.24) is 4.98 Å². The van der Waals surface area contributed by atoms with E-state index >= 15 is 0 Å². The molecule has 0 saturated carbocycles. The van der Waals surface area contributed by atoms with Crippen molar-refractivity contribution in [3.63, 3.8) is 0 Å². The third-order valence-corrected chi connectivity index (χ3v) is 2.67.